The second-order valence-electron chi connectivity index (χ2n) is 5.74. The first-order valence-electron chi connectivity index (χ1n) is 6.43. The minimum atomic E-state index is -0.492. The zero-order chi connectivity index (χ0) is 13.8. The topological polar surface area (TPSA) is 64.6 Å². The van der Waals surface area contributed by atoms with Gasteiger partial charge in [0.15, 0.2) is 0 Å². The molecule has 1 aliphatic rings. The largest absolute Gasteiger partial charge is 0.462 e. The van der Waals surface area contributed by atoms with Gasteiger partial charge in [-0.2, -0.15) is 0 Å². The van der Waals surface area contributed by atoms with Crippen molar-refractivity contribution >= 4 is 12.1 Å². The van der Waals surface area contributed by atoms with Gasteiger partial charge in [-0.15, -0.1) is 0 Å². The molecular weight excluding hydrogens is 234 g/mol. The second kappa shape index (κ2) is 6.07. The summed E-state index contributed by atoms with van der Waals surface area (Å²) in [5, 5.41) is 2.83. The van der Waals surface area contributed by atoms with Gasteiger partial charge in [0.05, 0.1) is 0 Å². The van der Waals surface area contributed by atoms with Crippen molar-refractivity contribution in [2.75, 3.05) is 0 Å². The first-order valence-corrected chi connectivity index (χ1v) is 6.43. The fraction of sp³-hybridized carbons (Fsp3) is 0.846. The number of carbonyl (C=O) groups is 2. The Bertz CT molecular complexity index is 309. The molecular formula is C13H23NO4. The SMILES string of the molecule is CC(=O)OC1CCCC(NC(=O)OC(C)(C)C)C1. The van der Waals surface area contributed by atoms with E-state index in [9.17, 15) is 9.59 Å². The first-order chi connectivity index (χ1) is 8.26. The van der Waals surface area contributed by atoms with E-state index in [1.165, 1.54) is 6.92 Å². The van der Waals surface area contributed by atoms with Crippen LogP contribution < -0.4 is 5.32 Å². The van der Waals surface area contributed by atoms with Crippen molar-refractivity contribution in [3.63, 3.8) is 0 Å². The monoisotopic (exact) mass is 257 g/mol. The van der Waals surface area contributed by atoms with Crippen molar-refractivity contribution in [2.24, 2.45) is 0 Å². The van der Waals surface area contributed by atoms with Gasteiger partial charge < -0.3 is 14.8 Å². The Hall–Kier alpha value is -1.26. The molecule has 0 aromatic carbocycles. The highest BCUT2D eigenvalue weighted by atomic mass is 16.6. The van der Waals surface area contributed by atoms with Crippen LogP contribution in [0.3, 0.4) is 0 Å². The zero-order valence-electron chi connectivity index (χ0n) is 11.6. The van der Waals surface area contributed by atoms with Crippen molar-refractivity contribution in [1.82, 2.24) is 5.32 Å². The first kappa shape index (κ1) is 14.8. The molecule has 104 valence electrons. The van der Waals surface area contributed by atoms with Crippen molar-refractivity contribution in [3.8, 4) is 0 Å². The number of hydrogen-bond acceptors (Lipinski definition) is 4. The number of hydrogen-bond donors (Lipinski definition) is 1. The van der Waals surface area contributed by atoms with Gasteiger partial charge in [-0.3, -0.25) is 4.79 Å². The summed E-state index contributed by atoms with van der Waals surface area (Å²) in [5.41, 5.74) is -0.492. The van der Waals surface area contributed by atoms with E-state index in [0.717, 1.165) is 19.3 Å². The second-order valence-corrected chi connectivity index (χ2v) is 5.74. The maximum Gasteiger partial charge on any atom is 0.407 e. The molecule has 0 spiro atoms. The summed E-state index contributed by atoms with van der Waals surface area (Å²) in [7, 11) is 0. The van der Waals surface area contributed by atoms with Gasteiger partial charge in [-0.05, 0) is 40.0 Å². The lowest BCUT2D eigenvalue weighted by molar-refractivity contribution is -0.148. The highest BCUT2D eigenvalue weighted by molar-refractivity contribution is 5.68. The van der Waals surface area contributed by atoms with Crippen LogP contribution in [-0.4, -0.2) is 29.8 Å². The van der Waals surface area contributed by atoms with E-state index in [1.54, 1.807) is 0 Å². The predicted molar refractivity (Wildman–Crippen MR) is 67.2 cm³/mol. The Labute approximate surface area is 108 Å². The van der Waals surface area contributed by atoms with E-state index in [1.807, 2.05) is 20.8 Å². The Morgan fingerprint density at radius 1 is 1.22 bits per heavy atom. The molecule has 1 aliphatic carbocycles. The van der Waals surface area contributed by atoms with Crippen LogP contribution in [0.4, 0.5) is 4.79 Å². The molecule has 5 nitrogen and oxygen atoms in total. The van der Waals surface area contributed by atoms with E-state index in [0.29, 0.717) is 6.42 Å². The molecule has 5 heteroatoms. The molecule has 0 radical (unpaired) electrons. The van der Waals surface area contributed by atoms with E-state index < -0.39 is 11.7 Å². The van der Waals surface area contributed by atoms with E-state index >= 15 is 0 Å². The third-order valence-corrected chi connectivity index (χ3v) is 2.68. The van der Waals surface area contributed by atoms with E-state index in [2.05, 4.69) is 5.32 Å². The maximum absolute atomic E-state index is 11.6. The predicted octanol–water partition coefficient (Wildman–Crippen LogP) is 2.39. The molecule has 2 atom stereocenters. The van der Waals surface area contributed by atoms with Gasteiger partial charge in [0, 0.05) is 19.4 Å². The molecule has 2 unspecified atom stereocenters. The Morgan fingerprint density at radius 3 is 2.44 bits per heavy atom. The van der Waals surface area contributed by atoms with Crippen LogP contribution in [0.1, 0.15) is 53.4 Å². The van der Waals surface area contributed by atoms with Gasteiger partial charge in [0.2, 0.25) is 0 Å². The lowest BCUT2D eigenvalue weighted by Gasteiger charge is -2.30. The lowest BCUT2D eigenvalue weighted by atomic mass is 9.93. The molecule has 0 aromatic rings. The van der Waals surface area contributed by atoms with Crippen LogP contribution in [0.25, 0.3) is 0 Å². The number of esters is 1. The van der Waals surface area contributed by atoms with Crippen LogP contribution in [-0.2, 0) is 14.3 Å². The summed E-state index contributed by atoms with van der Waals surface area (Å²) in [4.78, 5) is 22.5. The van der Waals surface area contributed by atoms with Gasteiger partial charge in [0.1, 0.15) is 11.7 Å². The molecule has 1 fully saturated rings. The number of ether oxygens (including phenoxy) is 2. The molecule has 0 aromatic heterocycles. The standard InChI is InChI=1S/C13H23NO4/c1-9(15)17-11-7-5-6-10(8-11)14-12(16)18-13(2,3)4/h10-11H,5-8H2,1-4H3,(H,14,16). The van der Waals surface area contributed by atoms with E-state index in [4.69, 9.17) is 9.47 Å². The van der Waals surface area contributed by atoms with Crippen molar-refractivity contribution in [2.45, 2.75) is 71.1 Å². The van der Waals surface area contributed by atoms with Gasteiger partial charge in [0.25, 0.3) is 0 Å². The molecule has 0 heterocycles. The Balaban J connectivity index is 2.38. The fourth-order valence-electron chi connectivity index (χ4n) is 2.09. The average Bonchev–Trinajstić information content (AvgIpc) is 2.13. The van der Waals surface area contributed by atoms with Crippen LogP contribution >= 0.6 is 0 Å². The third-order valence-electron chi connectivity index (χ3n) is 2.68. The van der Waals surface area contributed by atoms with Crippen LogP contribution in [0.2, 0.25) is 0 Å². The van der Waals surface area contributed by atoms with Gasteiger partial charge in [-0.25, -0.2) is 4.79 Å². The quantitative estimate of drug-likeness (QED) is 0.771. The number of rotatable bonds is 2. The summed E-state index contributed by atoms with van der Waals surface area (Å²) < 4.78 is 10.4. The lowest BCUT2D eigenvalue weighted by Crippen LogP contribution is -2.43. The Morgan fingerprint density at radius 2 is 1.89 bits per heavy atom. The molecule has 18 heavy (non-hydrogen) atoms. The third kappa shape index (κ3) is 5.89. The normalized spacial score (nSPS) is 24.2. The van der Waals surface area contributed by atoms with Gasteiger partial charge in [-0.1, -0.05) is 0 Å². The summed E-state index contributed by atoms with van der Waals surface area (Å²) in [6.45, 7) is 6.89. The van der Waals surface area contributed by atoms with Crippen LogP contribution in [0.5, 0.6) is 0 Å². The summed E-state index contributed by atoms with van der Waals surface area (Å²) in [6.07, 6.45) is 2.88. The molecule has 0 aliphatic heterocycles. The molecule has 1 rings (SSSR count). The molecule has 1 N–H and O–H groups in total. The Kier molecular flexibility index (Phi) is 4.99. The summed E-state index contributed by atoms with van der Waals surface area (Å²) in [6, 6.07) is 0.0259. The smallest absolute Gasteiger partial charge is 0.407 e. The van der Waals surface area contributed by atoms with Crippen LogP contribution in [0.15, 0.2) is 0 Å². The van der Waals surface area contributed by atoms with Gasteiger partial charge >= 0.3 is 12.1 Å². The minimum Gasteiger partial charge on any atom is -0.462 e. The highest BCUT2D eigenvalue weighted by Crippen LogP contribution is 2.21. The maximum atomic E-state index is 11.6. The molecule has 0 bridgehead atoms. The number of amides is 1. The minimum absolute atomic E-state index is 0.0259. The van der Waals surface area contributed by atoms with Crippen LogP contribution in [0, 0.1) is 0 Å². The van der Waals surface area contributed by atoms with Crippen molar-refractivity contribution < 1.29 is 19.1 Å². The zero-order valence-corrected chi connectivity index (χ0v) is 11.6. The number of carbonyl (C=O) groups excluding carboxylic acids is 2. The highest BCUT2D eigenvalue weighted by Gasteiger charge is 2.26. The molecule has 1 saturated carbocycles. The number of nitrogens with one attached hydrogen (secondary N) is 1. The average molecular weight is 257 g/mol. The summed E-state index contributed by atoms with van der Waals surface area (Å²) in [5.74, 6) is -0.266. The molecule has 0 saturated heterocycles. The van der Waals surface area contributed by atoms with E-state index in [-0.39, 0.29) is 18.1 Å². The van der Waals surface area contributed by atoms with Crippen molar-refractivity contribution in [1.29, 1.82) is 0 Å². The van der Waals surface area contributed by atoms with Crippen molar-refractivity contribution in [3.05, 3.63) is 0 Å². The fourth-order valence-corrected chi connectivity index (χ4v) is 2.09. The molecule has 1 amide bonds. The summed E-state index contributed by atoms with van der Waals surface area (Å²) >= 11 is 0. The number of alkyl carbamates (subject to hydrolysis) is 1.